The molecule has 0 spiro atoms. The van der Waals surface area contributed by atoms with Gasteiger partial charge < -0.3 is 10.6 Å². The van der Waals surface area contributed by atoms with E-state index in [2.05, 4.69) is 20.6 Å². The summed E-state index contributed by atoms with van der Waals surface area (Å²) >= 11 is 1.54. The number of fused-ring (bicyclic) bond motifs is 1. The van der Waals surface area contributed by atoms with E-state index in [9.17, 15) is 9.59 Å². The number of amides is 2. The Labute approximate surface area is 160 Å². The van der Waals surface area contributed by atoms with E-state index >= 15 is 0 Å². The van der Waals surface area contributed by atoms with E-state index in [-0.39, 0.29) is 11.8 Å². The Morgan fingerprint density at radius 3 is 2.89 bits per heavy atom. The van der Waals surface area contributed by atoms with Crippen LogP contribution in [0.25, 0.3) is 10.6 Å². The van der Waals surface area contributed by atoms with Gasteiger partial charge in [-0.1, -0.05) is 0 Å². The summed E-state index contributed by atoms with van der Waals surface area (Å²) < 4.78 is 0. The first-order valence-electron chi connectivity index (χ1n) is 8.75. The van der Waals surface area contributed by atoms with Gasteiger partial charge >= 0.3 is 0 Å². The van der Waals surface area contributed by atoms with Crippen molar-refractivity contribution in [2.24, 2.45) is 0 Å². The molecule has 136 valence electrons. The molecule has 0 fully saturated rings. The van der Waals surface area contributed by atoms with E-state index in [1.165, 1.54) is 0 Å². The number of carbonyl (C=O) groups excluding carboxylic acids is 2. The standard InChI is InChI=1S/C20H18N4O2S/c25-18-3-1-2-14-10-15(4-5-17(14)24-18)19(26)22-11-16-12-27-20(23-16)13-6-8-21-9-7-13/h4-10,12H,1-3,11H2,(H,22,26)(H,24,25). The molecule has 6 nitrogen and oxygen atoms in total. The summed E-state index contributed by atoms with van der Waals surface area (Å²) in [6.45, 7) is 0.369. The van der Waals surface area contributed by atoms with Crippen LogP contribution in [0.5, 0.6) is 0 Å². The van der Waals surface area contributed by atoms with Gasteiger partial charge in [-0.3, -0.25) is 14.6 Å². The monoisotopic (exact) mass is 378 g/mol. The minimum absolute atomic E-state index is 0.0273. The molecule has 3 aromatic rings. The van der Waals surface area contributed by atoms with Crippen LogP contribution in [0.2, 0.25) is 0 Å². The van der Waals surface area contributed by atoms with Crippen LogP contribution in [-0.2, 0) is 17.8 Å². The molecular formula is C20H18N4O2S. The number of aromatic nitrogens is 2. The largest absolute Gasteiger partial charge is 0.346 e. The Morgan fingerprint density at radius 1 is 1.19 bits per heavy atom. The fourth-order valence-corrected chi connectivity index (χ4v) is 3.83. The predicted molar refractivity (Wildman–Crippen MR) is 105 cm³/mol. The normalized spacial score (nSPS) is 13.4. The highest BCUT2D eigenvalue weighted by Gasteiger charge is 2.15. The number of hydrogen-bond acceptors (Lipinski definition) is 5. The number of nitrogens with zero attached hydrogens (tertiary/aromatic N) is 2. The third-order valence-corrected chi connectivity index (χ3v) is 5.34. The Hall–Kier alpha value is -3.06. The molecule has 27 heavy (non-hydrogen) atoms. The maximum atomic E-state index is 12.5. The Bertz CT molecular complexity index is 985. The lowest BCUT2D eigenvalue weighted by Gasteiger charge is -2.09. The first-order chi connectivity index (χ1) is 13.2. The maximum absolute atomic E-state index is 12.5. The molecule has 1 aliphatic heterocycles. The number of benzene rings is 1. The molecule has 3 heterocycles. The van der Waals surface area contributed by atoms with Crippen molar-refractivity contribution in [3.63, 3.8) is 0 Å². The van der Waals surface area contributed by atoms with E-state index in [0.717, 1.165) is 40.4 Å². The Morgan fingerprint density at radius 2 is 2.04 bits per heavy atom. The van der Waals surface area contributed by atoms with E-state index in [4.69, 9.17) is 0 Å². The summed E-state index contributed by atoms with van der Waals surface area (Å²) in [5.74, 6) is -0.119. The van der Waals surface area contributed by atoms with Crippen molar-refractivity contribution in [2.75, 3.05) is 5.32 Å². The SMILES string of the molecule is O=C1CCCc2cc(C(=O)NCc3csc(-c4ccncc4)n3)ccc2N1. The second kappa shape index (κ2) is 7.67. The smallest absolute Gasteiger partial charge is 0.251 e. The summed E-state index contributed by atoms with van der Waals surface area (Å²) in [6.07, 6.45) is 5.56. The van der Waals surface area contributed by atoms with E-state index < -0.39 is 0 Å². The quantitative estimate of drug-likeness (QED) is 0.729. The molecule has 1 aromatic carbocycles. The number of anilines is 1. The number of hydrogen-bond donors (Lipinski definition) is 2. The zero-order chi connectivity index (χ0) is 18.6. The first-order valence-corrected chi connectivity index (χ1v) is 9.63. The molecule has 0 saturated heterocycles. The lowest BCUT2D eigenvalue weighted by molar-refractivity contribution is -0.116. The third-order valence-electron chi connectivity index (χ3n) is 4.40. The van der Waals surface area contributed by atoms with Gasteiger partial charge in [0.25, 0.3) is 5.91 Å². The average Bonchev–Trinajstić information content (AvgIpc) is 3.09. The zero-order valence-electron chi connectivity index (χ0n) is 14.6. The van der Waals surface area contributed by atoms with Crippen molar-refractivity contribution in [3.8, 4) is 10.6 Å². The van der Waals surface area contributed by atoms with Crippen molar-refractivity contribution < 1.29 is 9.59 Å². The van der Waals surface area contributed by atoms with Gasteiger partial charge in [-0.25, -0.2) is 4.98 Å². The fraction of sp³-hybridized carbons (Fsp3) is 0.200. The molecule has 7 heteroatoms. The summed E-state index contributed by atoms with van der Waals surface area (Å²) in [5.41, 5.74) is 4.23. The van der Waals surface area contributed by atoms with Crippen LogP contribution in [0.4, 0.5) is 5.69 Å². The van der Waals surface area contributed by atoms with Crippen LogP contribution in [0.1, 0.15) is 34.5 Å². The lowest BCUT2D eigenvalue weighted by atomic mass is 10.0. The van der Waals surface area contributed by atoms with E-state index in [1.54, 1.807) is 35.9 Å². The van der Waals surface area contributed by atoms with Crippen molar-refractivity contribution in [1.29, 1.82) is 0 Å². The molecule has 0 unspecified atom stereocenters. The van der Waals surface area contributed by atoms with Crippen molar-refractivity contribution >= 4 is 28.8 Å². The topological polar surface area (TPSA) is 84.0 Å². The molecule has 0 aliphatic carbocycles. The van der Waals surface area contributed by atoms with Crippen LogP contribution in [-0.4, -0.2) is 21.8 Å². The van der Waals surface area contributed by atoms with Crippen LogP contribution in [0, 0.1) is 0 Å². The molecule has 1 aliphatic rings. The van der Waals surface area contributed by atoms with E-state index in [1.807, 2.05) is 23.6 Å². The summed E-state index contributed by atoms with van der Waals surface area (Å²) in [6, 6.07) is 9.23. The third kappa shape index (κ3) is 4.03. The van der Waals surface area contributed by atoms with Gasteiger partial charge in [-0.2, -0.15) is 0 Å². The predicted octanol–water partition coefficient (Wildman–Crippen LogP) is 3.41. The molecule has 2 N–H and O–H groups in total. The van der Waals surface area contributed by atoms with Gasteiger partial charge in [0.05, 0.1) is 12.2 Å². The summed E-state index contributed by atoms with van der Waals surface area (Å²) in [7, 11) is 0. The molecule has 0 atom stereocenters. The van der Waals surface area contributed by atoms with Crippen molar-refractivity contribution in [2.45, 2.75) is 25.8 Å². The number of aryl methyl sites for hydroxylation is 1. The molecule has 0 saturated carbocycles. The van der Waals surface area contributed by atoms with Gasteiger partial charge in [-0.15, -0.1) is 11.3 Å². The van der Waals surface area contributed by atoms with Gasteiger partial charge in [-0.05, 0) is 48.7 Å². The number of rotatable bonds is 4. The highest BCUT2D eigenvalue weighted by Crippen LogP contribution is 2.24. The molecule has 4 rings (SSSR count). The van der Waals surface area contributed by atoms with Gasteiger partial charge in [0, 0.05) is 41.0 Å². The molecule has 0 bridgehead atoms. The number of carbonyl (C=O) groups is 2. The number of nitrogens with one attached hydrogen (secondary N) is 2. The van der Waals surface area contributed by atoms with Crippen LogP contribution >= 0.6 is 11.3 Å². The van der Waals surface area contributed by atoms with Gasteiger partial charge in [0.1, 0.15) is 5.01 Å². The van der Waals surface area contributed by atoms with Crippen LogP contribution < -0.4 is 10.6 Å². The lowest BCUT2D eigenvalue weighted by Crippen LogP contribution is -2.23. The van der Waals surface area contributed by atoms with Crippen molar-refractivity contribution in [1.82, 2.24) is 15.3 Å². The minimum atomic E-state index is -0.146. The number of thiazole rings is 1. The second-order valence-electron chi connectivity index (χ2n) is 6.34. The van der Waals surface area contributed by atoms with Crippen LogP contribution in [0.3, 0.4) is 0 Å². The number of pyridine rings is 1. The minimum Gasteiger partial charge on any atom is -0.346 e. The summed E-state index contributed by atoms with van der Waals surface area (Å²) in [4.78, 5) is 32.7. The highest BCUT2D eigenvalue weighted by molar-refractivity contribution is 7.13. The molecule has 2 amide bonds. The summed E-state index contributed by atoms with van der Waals surface area (Å²) in [5, 5.41) is 8.65. The molecule has 2 aromatic heterocycles. The zero-order valence-corrected chi connectivity index (χ0v) is 15.4. The highest BCUT2D eigenvalue weighted by atomic mass is 32.1. The molecule has 0 radical (unpaired) electrons. The van der Waals surface area contributed by atoms with Gasteiger partial charge in [0.15, 0.2) is 0 Å². The Balaban J connectivity index is 1.42. The van der Waals surface area contributed by atoms with Gasteiger partial charge in [0.2, 0.25) is 5.91 Å². The Kier molecular flexibility index (Phi) is 4.93. The average molecular weight is 378 g/mol. The second-order valence-corrected chi connectivity index (χ2v) is 7.19. The molecular weight excluding hydrogens is 360 g/mol. The van der Waals surface area contributed by atoms with E-state index in [0.29, 0.717) is 18.5 Å². The fourth-order valence-electron chi connectivity index (χ4n) is 3.00. The first kappa shape index (κ1) is 17.4. The van der Waals surface area contributed by atoms with Crippen LogP contribution in [0.15, 0.2) is 48.1 Å². The maximum Gasteiger partial charge on any atom is 0.251 e. The van der Waals surface area contributed by atoms with Crippen molar-refractivity contribution in [3.05, 3.63) is 64.9 Å².